The summed E-state index contributed by atoms with van der Waals surface area (Å²) < 4.78 is 39.4. The van der Waals surface area contributed by atoms with Crippen LogP contribution in [0.3, 0.4) is 0 Å². The summed E-state index contributed by atoms with van der Waals surface area (Å²) >= 11 is 5.71. The molecule has 1 saturated carbocycles. The van der Waals surface area contributed by atoms with E-state index in [1.54, 1.807) is 0 Å². The lowest BCUT2D eigenvalue weighted by molar-refractivity contribution is 0.0940. The van der Waals surface area contributed by atoms with Gasteiger partial charge in [-0.15, -0.1) is 11.6 Å². The number of amides is 1. The highest BCUT2D eigenvalue weighted by molar-refractivity contribution is 6.18. The summed E-state index contributed by atoms with van der Waals surface area (Å²) in [5, 5.41) is 11.4. The van der Waals surface area contributed by atoms with Crippen molar-refractivity contribution in [2.75, 3.05) is 12.4 Å². The normalized spacial score (nSPS) is 16.2. The summed E-state index contributed by atoms with van der Waals surface area (Å²) in [7, 11) is 0. The number of hydrogen-bond acceptors (Lipinski definition) is 2. The van der Waals surface area contributed by atoms with Gasteiger partial charge in [0.25, 0.3) is 5.91 Å². The third-order valence-corrected chi connectivity index (χ3v) is 3.81. The number of rotatable bonds is 4. The zero-order chi connectivity index (χ0) is 14.2. The minimum atomic E-state index is -1.71. The first-order valence-corrected chi connectivity index (χ1v) is 6.14. The maximum Gasteiger partial charge on any atom is 0.254 e. The van der Waals surface area contributed by atoms with Crippen molar-refractivity contribution < 1.29 is 23.1 Å². The molecule has 0 aliphatic heterocycles. The molecule has 2 rings (SSSR count). The predicted molar refractivity (Wildman–Crippen MR) is 62.7 cm³/mol. The zero-order valence-electron chi connectivity index (χ0n) is 9.77. The maximum absolute atomic E-state index is 13.5. The molecule has 0 radical (unpaired) electrons. The van der Waals surface area contributed by atoms with Gasteiger partial charge in [0.15, 0.2) is 17.4 Å². The molecule has 19 heavy (non-hydrogen) atoms. The second kappa shape index (κ2) is 4.92. The van der Waals surface area contributed by atoms with Crippen LogP contribution < -0.4 is 5.32 Å². The van der Waals surface area contributed by atoms with Crippen molar-refractivity contribution in [3.8, 4) is 5.75 Å². The van der Waals surface area contributed by atoms with Crippen molar-refractivity contribution >= 4 is 17.5 Å². The molecule has 1 aromatic rings. The highest BCUT2D eigenvalue weighted by atomic mass is 35.5. The summed E-state index contributed by atoms with van der Waals surface area (Å²) in [5.41, 5.74) is -0.921. The Labute approximate surface area is 112 Å². The summed E-state index contributed by atoms with van der Waals surface area (Å²) in [6.07, 6.45) is 1.70. The Morgan fingerprint density at radius 1 is 1.37 bits per heavy atom. The van der Waals surface area contributed by atoms with Crippen LogP contribution in [0.1, 0.15) is 23.2 Å². The van der Waals surface area contributed by atoms with Gasteiger partial charge in [-0.3, -0.25) is 4.79 Å². The van der Waals surface area contributed by atoms with Crippen LogP contribution in [-0.2, 0) is 0 Å². The first kappa shape index (κ1) is 14.0. The van der Waals surface area contributed by atoms with E-state index in [1.807, 2.05) is 0 Å². The largest absolute Gasteiger partial charge is 0.503 e. The van der Waals surface area contributed by atoms with Crippen LogP contribution in [0, 0.1) is 22.9 Å². The smallest absolute Gasteiger partial charge is 0.254 e. The molecule has 104 valence electrons. The Balaban J connectivity index is 2.15. The number of benzene rings is 1. The number of nitrogens with one attached hydrogen (secondary N) is 1. The molecule has 3 nitrogen and oxygen atoms in total. The van der Waals surface area contributed by atoms with Gasteiger partial charge in [-0.2, -0.15) is 4.39 Å². The van der Waals surface area contributed by atoms with Gasteiger partial charge in [-0.05, 0) is 18.9 Å². The van der Waals surface area contributed by atoms with E-state index in [9.17, 15) is 18.0 Å². The number of carbonyl (C=O) groups is 1. The molecular formula is C12H11ClF3NO2. The minimum absolute atomic E-state index is 0.186. The lowest BCUT2D eigenvalue weighted by atomic mass is 10.1. The van der Waals surface area contributed by atoms with Crippen molar-refractivity contribution in [2.45, 2.75) is 12.8 Å². The van der Waals surface area contributed by atoms with Gasteiger partial charge >= 0.3 is 0 Å². The fourth-order valence-corrected chi connectivity index (χ4v) is 2.01. The number of hydrogen-bond donors (Lipinski definition) is 2. The van der Waals surface area contributed by atoms with Gasteiger partial charge in [-0.1, -0.05) is 0 Å². The fraction of sp³-hybridized carbons (Fsp3) is 0.417. The van der Waals surface area contributed by atoms with Crippen molar-refractivity contribution in [3.63, 3.8) is 0 Å². The van der Waals surface area contributed by atoms with E-state index < -0.39 is 34.7 Å². The fourth-order valence-electron chi connectivity index (χ4n) is 1.65. The Kier molecular flexibility index (Phi) is 3.62. The third-order valence-electron chi connectivity index (χ3n) is 3.24. The molecule has 1 fully saturated rings. The first-order valence-electron chi connectivity index (χ1n) is 5.61. The Bertz CT molecular complexity index is 532. The molecule has 1 aromatic carbocycles. The lowest BCUT2D eigenvalue weighted by Crippen LogP contribution is -2.31. The molecule has 0 atom stereocenters. The van der Waals surface area contributed by atoms with E-state index in [1.165, 1.54) is 0 Å². The van der Waals surface area contributed by atoms with E-state index >= 15 is 0 Å². The number of alkyl halides is 1. The van der Waals surface area contributed by atoms with E-state index in [0.29, 0.717) is 11.9 Å². The number of phenolic OH excluding ortho intramolecular Hbond substituents is 1. The monoisotopic (exact) mass is 293 g/mol. The molecule has 0 heterocycles. The Morgan fingerprint density at radius 2 is 2.00 bits per heavy atom. The average Bonchev–Trinajstić information content (AvgIpc) is 3.18. The molecule has 0 saturated heterocycles. The summed E-state index contributed by atoms with van der Waals surface area (Å²) in [4.78, 5) is 11.7. The van der Waals surface area contributed by atoms with Crippen LogP contribution >= 0.6 is 11.6 Å². The number of halogens is 4. The highest BCUT2D eigenvalue weighted by Crippen LogP contribution is 2.45. The van der Waals surface area contributed by atoms with Crippen LogP contribution in [0.15, 0.2) is 6.07 Å². The van der Waals surface area contributed by atoms with E-state index in [-0.39, 0.29) is 12.0 Å². The summed E-state index contributed by atoms with van der Waals surface area (Å²) in [5.74, 6) is -6.73. The number of carbonyl (C=O) groups excluding carboxylic acids is 1. The van der Waals surface area contributed by atoms with Crippen LogP contribution in [-0.4, -0.2) is 23.4 Å². The second-order valence-electron chi connectivity index (χ2n) is 4.70. The van der Waals surface area contributed by atoms with Gasteiger partial charge in [0.2, 0.25) is 5.82 Å². The van der Waals surface area contributed by atoms with Crippen molar-refractivity contribution in [1.82, 2.24) is 5.32 Å². The Hall–Kier alpha value is -1.43. The Morgan fingerprint density at radius 3 is 2.53 bits per heavy atom. The quantitative estimate of drug-likeness (QED) is 0.662. The number of aromatic hydroxyl groups is 1. The number of phenols is 1. The van der Waals surface area contributed by atoms with E-state index in [4.69, 9.17) is 16.7 Å². The molecule has 1 aliphatic rings. The van der Waals surface area contributed by atoms with Crippen LogP contribution in [0.5, 0.6) is 5.75 Å². The third kappa shape index (κ3) is 2.63. The van der Waals surface area contributed by atoms with Gasteiger partial charge in [-0.25, -0.2) is 8.78 Å². The average molecular weight is 294 g/mol. The molecule has 1 amide bonds. The standard InChI is InChI=1S/C12H11ClF3NO2/c13-4-12(1-2-12)5-17-11(19)6-3-7(14)9(16)10(18)8(6)15/h3,18H,1-2,4-5H2,(H,17,19). The zero-order valence-corrected chi connectivity index (χ0v) is 10.5. The van der Waals surface area contributed by atoms with Crippen LogP contribution in [0.2, 0.25) is 0 Å². The lowest BCUT2D eigenvalue weighted by Gasteiger charge is -2.13. The van der Waals surface area contributed by atoms with Crippen molar-refractivity contribution in [1.29, 1.82) is 0 Å². The van der Waals surface area contributed by atoms with Crippen molar-refractivity contribution in [2.24, 2.45) is 5.41 Å². The van der Waals surface area contributed by atoms with Crippen molar-refractivity contribution in [3.05, 3.63) is 29.1 Å². The summed E-state index contributed by atoms with van der Waals surface area (Å²) in [6.45, 7) is 0.231. The molecule has 7 heteroatoms. The first-order chi connectivity index (χ1) is 8.90. The molecule has 0 aromatic heterocycles. The second-order valence-corrected chi connectivity index (χ2v) is 4.97. The summed E-state index contributed by atoms with van der Waals surface area (Å²) in [6, 6.07) is 0.417. The van der Waals surface area contributed by atoms with Gasteiger partial charge in [0.1, 0.15) is 0 Å². The topological polar surface area (TPSA) is 49.3 Å². The van der Waals surface area contributed by atoms with E-state index in [2.05, 4.69) is 5.32 Å². The van der Waals surface area contributed by atoms with Crippen LogP contribution in [0.25, 0.3) is 0 Å². The molecule has 0 bridgehead atoms. The highest BCUT2D eigenvalue weighted by Gasteiger charge is 2.42. The van der Waals surface area contributed by atoms with E-state index in [0.717, 1.165) is 12.8 Å². The molecule has 2 N–H and O–H groups in total. The minimum Gasteiger partial charge on any atom is -0.503 e. The molecule has 1 aliphatic carbocycles. The predicted octanol–water partition coefficient (Wildman–Crippen LogP) is 2.56. The van der Waals surface area contributed by atoms with Gasteiger partial charge < -0.3 is 10.4 Å². The molecule has 0 spiro atoms. The maximum atomic E-state index is 13.5. The molecule has 0 unspecified atom stereocenters. The SMILES string of the molecule is O=C(NCC1(CCl)CC1)c1cc(F)c(F)c(O)c1F. The van der Waals surface area contributed by atoms with Crippen LogP contribution in [0.4, 0.5) is 13.2 Å². The van der Waals surface area contributed by atoms with Gasteiger partial charge in [0.05, 0.1) is 5.56 Å². The molecular weight excluding hydrogens is 283 g/mol. The van der Waals surface area contributed by atoms with Gasteiger partial charge in [0, 0.05) is 17.8 Å².